The van der Waals surface area contributed by atoms with Crippen molar-refractivity contribution in [2.45, 2.75) is 6.54 Å². The topological polar surface area (TPSA) is 54.2 Å². The monoisotopic (exact) mass is 369 g/mol. The van der Waals surface area contributed by atoms with E-state index in [0.29, 0.717) is 0 Å². The molecule has 2 N–H and O–H groups in total. The molecule has 0 saturated heterocycles. The number of nitrogens with one attached hydrogen (secondary N) is 2. The summed E-state index contributed by atoms with van der Waals surface area (Å²) >= 11 is 1.81. The Morgan fingerprint density at radius 1 is 1.53 bits per heavy atom. The molecule has 0 aliphatic rings. The second kappa shape index (κ2) is 9.58. The zero-order chi connectivity index (χ0) is 11.8. The third kappa shape index (κ3) is 6.16. The fourth-order valence-corrected chi connectivity index (χ4v) is 1.55. The van der Waals surface area contributed by atoms with Gasteiger partial charge in [-0.2, -0.15) is 16.9 Å². The van der Waals surface area contributed by atoms with Crippen molar-refractivity contribution in [2.75, 3.05) is 25.6 Å². The van der Waals surface area contributed by atoms with E-state index in [-0.39, 0.29) is 24.0 Å². The molecular weight excluding hydrogens is 349 g/mol. The Labute approximate surface area is 124 Å². The third-order valence-corrected chi connectivity index (χ3v) is 2.79. The Morgan fingerprint density at radius 2 is 2.29 bits per heavy atom. The summed E-state index contributed by atoms with van der Waals surface area (Å²) in [5.41, 5.74) is 1.13. The van der Waals surface area contributed by atoms with Crippen LogP contribution in [0.4, 0.5) is 0 Å². The summed E-state index contributed by atoms with van der Waals surface area (Å²) < 4.78 is 1.85. The molecule has 5 nitrogen and oxygen atoms in total. The summed E-state index contributed by atoms with van der Waals surface area (Å²) in [5.74, 6) is 1.90. The average Bonchev–Trinajstić information content (AvgIpc) is 2.69. The molecule has 0 aliphatic carbocycles. The molecule has 17 heavy (non-hydrogen) atoms. The van der Waals surface area contributed by atoms with Gasteiger partial charge in [0, 0.05) is 32.6 Å². The van der Waals surface area contributed by atoms with Gasteiger partial charge in [-0.15, -0.1) is 24.0 Å². The first-order valence-corrected chi connectivity index (χ1v) is 6.57. The summed E-state index contributed by atoms with van der Waals surface area (Å²) in [6.07, 6.45) is 3.88. The fraction of sp³-hybridized carbons (Fsp3) is 0.600. The maximum absolute atomic E-state index is 4.14. The minimum atomic E-state index is 0. The normalized spacial score (nSPS) is 10.9. The lowest BCUT2D eigenvalue weighted by atomic mass is 10.4. The van der Waals surface area contributed by atoms with Crippen molar-refractivity contribution < 1.29 is 0 Å². The molecule has 0 amide bonds. The van der Waals surface area contributed by atoms with E-state index in [9.17, 15) is 0 Å². The van der Waals surface area contributed by atoms with E-state index >= 15 is 0 Å². The van der Waals surface area contributed by atoms with Gasteiger partial charge in [0.15, 0.2) is 5.96 Å². The van der Waals surface area contributed by atoms with Gasteiger partial charge in [-0.1, -0.05) is 0 Å². The lowest BCUT2D eigenvalue weighted by Crippen LogP contribution is -2.38. The molecule has 0 fully saturated rings. The quantitative estimate of drug-likeness (QED) is 0.353. The summed E-state index contributed by atoms with van der Waals surface area (Å²) in [5, 5.41) is 10.6. The van der Waals surface area contributed by atoms with Crippen LogP contribution < -0.4 is 10.6 Å². The van der Waals surface area contributed by atoms with Gasteiger partial charge in [0.1, 0.15) is 0 Å². The van der Waals surface area contributed by atoms with Gasteiger partial charge in [-0.05, 0) is 12.3 Å². The molecule has 0 aliphatic heterocycles. The molecule has 1 aromatic heterocycles. The van der Waals surface area contributed by atoms with Crippen LogP contribution in [0.25, 0.3) is 0 Å². The van der Waals surface area contributed by atoms with Gasteiger partial charge in [0.05, 0.1) is 12.2 Å². The predicted octanol–water partition coefficient (Wildman–Crippen LogP) is 1.07. The van der Waals surface area contributed by atoms with Gasteiger partial charge in [-0.3, -0.25) is 9.67 Å². The van der Waals surface area contributed by atoms with Crippen molar-refractivity contribution in [3.8, 4) is 0 Å². The van der Waals surface area contributed by atoms with E-state index in [4.69, 9.17) is 0 Å². The van der Waals surface area contributed by atoms with Crippen LogP contribution in [0.2, 0.25) is 0 Å². The van der Waals surface area contributed by atoms with Crippen LogP contribution in [0.3, 0.4) is 0 Å². The number of guanidine groups is 1. The highest BCUT2D eigenvalue weighted by Crippen LogP contribution is 1.94. The first-order valence-electron chi connectivity index (χ1n) is 5.18. The second-order valence-corrected chi connectivity index (χ2v) is 4.28. The van der Waals surface area contributed by atoms with Crippen molar-refractivity contribution >= 4 is 41.7 Å². The van der Waals surface area contributed by atoms with Crippen molar-refractivity contribution in [3.63, 3.8) is 0 Å². The number of rotatable bonds is 5. The van der Waals surface area contributed by atoms with Gasteiger partial charge in [-0.25, -0.2) is 0 Å². The number of halogens is 1. The molecule has 98 valence electrons. The molecular formula is C10H20IN5S. The largest absolute Gasteiger partial charge is 0.356 e. The van der Waals surface area contributed by atoms with Crippen LogP contribution in [0.15, 0.2) is 17.3 Å². The van der Waals surface area contributed by atoms with Crippen LogP contribution in [-0.4, -0.2) is 41.3 Å². The molecule has 0 radical (unpaired) electrons. The summed E-state index contributed by atoms with van der Waals surface area (Å²) in [7, 11) is 3.71. The predicted molar refractivity (Wildman–Crippen MR) is 85.2 cm³/mol. The number of nitrogens with zero attached hydrogens (tertiary/aromatic N) is 3. The summed E-state index contributed by atoms with van der Waals surface area (Å²) in [6.45, 7) is 1.65. The van der Waals surface area contributed by atoms with Crippen molar-refractivity contribution in [1.82, 2.24) is 20.4 Å². The maximum Gasteiger partial charge on any atom is 0.191 e. The smallest absolute Gasteiger partial charge is 0.191 e. The zero-order valence-electron chi connectivity index (χ0n) is 10.4. The average molecular weight is 369 g/mol. The van der Waals surface area contributed by atoms with Crippen LogP contribution >= 0.6 is 35.7 Å². The van der Waals surface area contributed by atoms with E-state index in [1.807, 2.05) is 29.6 Å². The second-order valence-electron chi connectivity index (χ2n) is 3.29. The van der Waals surface area contributed by atoms with E-state index in [1.54, 1.807) is 13.2 Å². The number of aliphatic imine (C=N–C) groups is 1. The number of hydrogen-bond acceptors (Lipinski definition) is 3. The first kappa shape index (κ1) is 16.6. The van der Waals surface area contributed by atoms with Crippen molar-refractivity contribution in [3.05, 3.63) is 18.0 Å². The molecule has 0 unspecified atom stereocenters. The SMILES string of the molecule is CN=C(NCCSC)NCc1ccnn1C.I. The first-order chi connectivity index (χ1) is 7.77. The van der Waals surface area contributed by atoms with Gasteiger partial charge >= 0.3 is 0 Å². The van der Waals surface area contributed by atoms with E-state index in [0.717, 1.165) is 30.5 Å². The number of thioether (sulfide) groups is 1. The van der Waals surface area contributed by atoms with Gasteiger partial charge in [0.25, 0.3) is 0 Å². The molecule has 7 heteroatoms. The van der Waals surface area contributed by atoms with Crippen LogP contribution in [0.5, 0.6) is 0 Å². The molecule has 0 saturated carbocycles. The number of hydrogen-bond donors (Lipinski definition) is 2. The Morgan fingerprint density at radius 3 is 2.82 bits per heavy atom. The van der Waals surface area contributed by atoms with Gasteiger partial charge in [0.2, 0.25) is 0 Å². The molecule has 0 atom stereocenters. The van der Waals surface area contributed by atoms with Crippen LogP contribution in [0, 0.1) is 0 Å². The number of aromatic nitrogens is 2. The standard InChI is InChI=1S/C10H19N5S.HI/c1-11-10(12-6-7-16-3)13-8-9-4-5-14-15(9)2;/h4-5H,6-8H2,1-3H3,(H2,11,12,13);1H. The molecule has 0 aromatic carbocycles. The Kier molecular flexibility index (Phi) is 9.33. The highest BCUT2D eigenvalue weighted by atomic mass is 127. The number of aryl methyl sites for hydroxylation is 1. The minimum absolute atomic E-state index is 0. The molecule has 1 heterocycles. The zero-order valence-corrected chi connectivity index (χ0v) is 13.6. The van der Waals surface area contributed by atoms with Crippen molar-refractivity contribution in [2.24, 2.45) is 12.0 Å². The molecule has 0 bridgehead atoms. The molecule has 1 rings (SSSR count). The van der Waals surface area contributed by atoms with Crippen molar-refractivity contribution in [1.29, 1.82) is 0 Å². The van der Waals surface area contributed by atoms with E-state index in [1.165, 1.54) is 0 Å². The Hall–Kier alpha value is -0.440. The van der Waals surface area contributed by atoms with E-state index < -0.39 is 0 Å². The highest BCUT2D eigenvalue weighted by molar-refractivity contribution is 14.0. The summed E-state index contributed by atoms with van der Waals surface area (Å²) in [6, 6.07) is 1.99. The van der Waals surface area contributed by atoms with E-state index in [2.05, 4.69) is 27.0 Å². The highest BCUT2D eigenvalue weighted by Gasteiger charge is 2.00. The minimum Gasteiger partial charge on any atom is -0.356 e. The van der Waals surface area contributed by atoms with Crippen LogP contribution in [-0.2, 0) is 13.6 Å². The van der Waals surface area contributed by atoms with Crippen LogP contribution in [0.1, 0.15) is 5.69 Å². The lowest BCUT2D eigenvalue weighted by molar-refractivity contribution is 0.686. The maximum atomic E-state index is 4.14. The molecule has 1 aromatic rings. The van der Waals surface area contributed by atoms with Gasteiger partial charge < -0.3 is 10.6 Å². The summed E-state index contributed by atoms with van der Waals surface area (Å²) in [4.78, 5) is 4.14. The Bertz CT molecular complexity index is 339. The third-order valence-electron chi connectivity index (χ3n) is 2.18. The fourth-order valence-electron chi connectivity index (χ4n) is 1.24. The Balaban J connectivity index is 0.00000256. The lowest BCUT2D eigenvalue weighted by Gasteiger charge is -2.11. The molecule has 0 spiro atoms.